The molecule has 0 saturated heterocycles. The summed E-state index contributed by atoms with van der Waals surface area (Å²) in [4.78, 5) is 26.8. The van der Waals surface area contributed by atoms with E-state index in [1.807, 2.05) is 54.6 Å². The van der Waals surface area contributed by atoms with Crippen molar-refractivity contribution in [1.82, 2.24) is 0 Å². The molecular formula is C20H12ClNO2. The van der Waals surface area contributed by atoms with Gasteiger partial charge in [-0.25, -0.2) is 4.90 Å². The molecule has 3 nitrogen and oxygen atoms in total. The van der Waals surface area contributed by atoms with Crippen LogP contribution in [0.2, 0.25) is 0 Å². The van der Waals surface area contributed by atoms with Gasteiger partial charge in [0.2, 0.25) is 0 Å². The van der Waals surface area contributed by atoms with Crippen molar-refractivity contribution in [3.8, 4) is 0 Å². The molecule has 0 radical (unpaired) electrons. The number of amides is 2. The first-order valence-corrected chi connectivity index (χ1v) is 7.88. The Kier molecular flexibility index (Phi) is 3.44. The van der Waals surface area contributed by atoms with Gasteiger partial charge < -0.3 is 0 Å². The van der Waals surface area contributed by atoms with E-state index in [9.17, 15) is 9.59 Å². The summed E-state index contributed by atoms with van der Waals surface area (Å²) >= 11 is 6.22. The quantitative estimate of drug-likeness (QED) is 0.653. The van der Waals surface area contributed by atoms with Crippen LogP contribution in [0.3, 0.4) is 0 Å². The highest BCUT2D eigenvalue weighted by Crippen LogP contribution is 2.37. The smallest absolute Gasteiger partial charge is 0.268 e. The number of nitrogens with zero attached hydrogens (tertiary/aromatic N) is 1. The molecule has 1 aliphatic heterocycles. The van der Waals surface area contributed by atoms with Gasteiger partial charge in [0.05, 0.1) is 11.3 Å². The second-order valence-electron chi connectivity index (χ2n) is 5.50. The van der Waals surface area contributed by atoms with Gasteiger partial charge in [0.15, 0.2) is 0 Å². The first-order chi connectivity index (χ1) is 11.7. The number of hydrogen-bond acceptors (Lipinski definition) is 2. The van der Waals surface area contributed by atoms with Gasteiger partial charge in [0.1, 0.15) is 5.03 Å². The number of anilines is 1. The predicted octanol–water partition coefficient (Wildman–Crippen LogP) is 4.36. The van der Waals surface area contributed by atoms with Crippen LogP contribution in [0.25, 0.3) is 16.3 Å². The van der Waals surface area contributed by atoms with E-state index < -0.39 is 11.8 Å². The van der Waals surface area contributed by atoms with Crippen molar-refractivity contribution in [2.75, 3.05) is 4.90 Å². The average molecular weight is 334 g/mol. The number of benzene rings is 3. The summed E-state index contributed by atoms with van der Waals surface area (Å²) in [6, 6.07) is 22.2. The topological polar surface area (TPSA) is 37.4 Å². The van der Waals surface area contributed by atoms with E-state index >= 15 is 0 Å². The van der Waals surface area contributed by atoms with Crippen LogP contribution in [0.4, 0.5) is 5.69 Å². The van der Waals surface area contributed by atoms with Crippen LogP contribution in [0.1, 0.15) is 5.56 Å². The average Bonchev–Trinajstić information content (AvgIpc) is 2.84. The van der Waals surface area contributed by atoms with Gasteiger partial charge >= 0.3 is 0 Å². The largest absolute Gasteiger partial charge is 0.277 e. The molecule has 4 rings (SSSR count). The fourth-order valence-corrected chi connectivity index (χ4v) is 3.25. The maximum Gasteiger partial charge on any atom is 0.277 e. The Hall–Kier alpha value is -2.91. The van der Waals surface area contributed by atoms with E-state index in [0.717, 1.165) is 15.7 Å². The van der Waals surface area contributed by atoms with E-state index in [1.54, 1.807) is 18.2 Å². The van der Waals surface area contributed by atoms with Crippen LogP contribution in [-0.4, -0.2) is 11.8 Å². The van der Waals surface area contributed by atoms with Gasteiger partial charge in [0.25, 0.3) is 11.8 Å². The molecule has 116 valence electrons. The van der Waals surface area contributed by atoms with E-state index in [4.69, 9.17) is 11.6 Å². The molecule has 3 aromatic carbocycles. The second kappa shape index (κ2) is 5.62. The molecule has 0 spiro atoms. The third-order valence-corrected chi connectivity index (χ3v) is 4.45. The number of hydrogen-bond donors (Lipinski definition) is 0. The van der Waals surface area contributed by atoms with Crippen molar-refractivity contribution in [3.05, 3.63) is 83.4 Å². The Balaban J connectivity index is 1.87. The number of fused-ring (bicyclic) bond motifs is 1. The van der Waals surface area contributed by atoms with E-state index in [1.165, 1.54) is 0 Å². The molecule has 4 heteroatoms. The summed E-state index contributed by atoms with van der Waals surface area (Å²) in [7, 11) is 0. The number of rotatable bonds is 2. The van der Waals surface area contributed by atoms with E-state index in [-0.39, 0.29) is 10.6 Å². The van der Waals surface area contributed by atoms with Gasteiger partial charge in [-0.05, 0) is 17.0 Å². The molecule has 24 heavy (non-hydrogen) atoms. The van der Waals surface area contributed by atoms with E-state index in [2.05, 4.69) is 0 Å². The molecule has 2 amide bonds. The zero-order valence-corrected chi connectivity index (χ0v) is 13.3. The van der Waals surface area contributed by atoms with Crippen molar-refractivity contribution in [2.24, 2.45) is 0 Å². The third kappa shape index (κ3) is 2.14. The lowest BCUT2D eigenvalue weighted by atomic mass is 10.1. The molecule has 0 bridgehead atoms. The fourth-order valence-electron chi connectivity index (χ4n) is 2.98. The first kappa shape index (κ1) is 14.7. The molecule has 0 fully saturated rings. The second-order valence-corrected chi connectivity index (χ2v) is 5.88. The van der Waals surface area contributed by atoms with Crippen LogP contribution >= 0.6 is 11.6 Å². The lowest BCUT2D eigenvalue weighted by Gasteiger charge is -2.17. The molecule has 0 N–H and O–H groups in total. The summed E-state index contributed by atoms with van der Waals surface area (Å²) < 4.78 is 0. The summed E-state index contributed by atoms with van der Waals surface area (Å²) in [6.07, 6.45) is 0. The molecular weight excluding hydrogens is 322 g/mol. The van der Waals surface area contributed by atoms with Crippen LogP contribution in [0, 0.1) is 0 Å². The van der Waals surface area contributed by atoms with Crippen molar-refractivity contribution >= 4 is 45.4 Å². The highest BCUT2D eigenvalue weighted by molar-refractivity contribution is 6.60. The number of carbonyl (C=O) groups excluding carboxylic acids is 2. The van der Waals surface area contributed by atoms with Crippen LogP contribution in [0.15, 0.2) is 77.8 Å². The zero-order chi connectivity index (χ0) is 16.7. The predicted molar refractivity (Wildman–Crippen MR) is 95.7 cm³/mol. The lowest BCUT2D eigenvalue weighted by Crippen LogP contribution is -2.31. The number of carbonyl (C=O) groups is 2. The number of halogens is 1. The van der Waals surface area contributed by atoms with Gasteiger partial charge in [-0.3, -0.25) is 9.59 Å². The van der Waals surface area contributed by atoms with Crippen LogP contribution < -0.4 is 4.90 Å². The van der Waals surface area contributed by atoms with Gasteiger partial charge in [-0.2, -0.15) is 0 Å². The summed E-state index contributed by atoms with van der Waals surface area (Å²) in [5, 5.41) is 1.75. The Morgan fingerprint density at radius 2 is 1.38 bits per heavy atom. The molecule has 1 aliphatic rings. The molecule has 0 unspecified atom stereocenters. The third-order valence-electron chi connectivity index (χ3n) is 4.10. The summed E-state index contributed by atoms with van der Waals surface area (Å²) in [6.45, 7) is 0. The highest BCUT2D eigenvalue weighted by Gasteiger charge is 2.39. The normalized spacial score (nSPS) is 14.8. The van der Waals surface area contributed by atoms with Gasteiger partial charge in [0, 0.05) is 5.39 Å². The Morgan fingerprint density at radius 3 is 2.17 bits per heavy atom. The van der Waals surface area contributed by atoms with Crippen molar-refractivity contribution in [2.45, 2.75) is 0 Å². The Labute approximate surface area is 143 Å². The maximum absolute atomic E-state index is 12.9. The van der Waals surface area contributed by atoms with Crippen LogP contribution in [-0.2, 0) is 9.59 Å². The SMILES string of the molecule is O=C1C(Cl)=C(c2ccccc2)C(=O)N1c1cccc2ccccc12. The minimum atomic E-state index is -0.489. The van der Waals surface area contributed by atoms with Gasteiger partial charge in [-0.15, -0.1) is 0 Å². The highest BCUT2D eigenvalue weighted by atomic mass is 35.5. The molecule has 0 saturated carbocycles. The monoisotopic (exact) mass is 333 g/mol. The van der Waals surface area contributed by atoms with E-state index in [0.29, 0.717) is 11.3 Å². The summed E-state index contributed by atoms with van der Waals surface area (Å²) in [5.74, 6) is -0.885. The Bertz CT molecular complexity index is 1000. The number of imide groups is 1. The molecule has 0 atom stereocenters. The van der Waals surface area contributed by atoms with Gasteiger partial charge in [-0.1, -0.05) is 78.3 Å². The zero-order valence-electron chi connectivity index (χ0n) is 12.6. The standard InChI is InChI=1S/C20H12ClNO2/c21-18-17(14-8-2-1-3-9-14)19(23)22(20(18)24)16-12-6-10-13-7-4-5-11-15(13)16/h1-12H. The molecule has 3 aromatic rings. The van der Waals surface area contributed by atoms with Crippen molar-refractivity contribution < 1.29 is 9.59 Å². The molecule has 1 heterocycles. The van der Waals surface area contributed by atoms with Crippen molar-refractivity contribution in [1.29, 1.82) is 0 Å². The minimum absolute atomic E-state index is 0.0425. The lowest BCUT2D eigenvalue weighted by molar-refractivity contribution is -0.119. The van der Waals surface area contributed by atoms with Crippen LogP contribution in [0.5, 0.6) is 0 Å². The maximum atomic E-state index is 12.9. The summed E-state index contributed by atoms with van der Waals surface area (Å²) in [5.41, 5.74) is 1.44. The minimum Gasteiger partial charge on any atom is -0.268 e. The Morgan fingerprint density at radius 1 is 0.708 bits per heavy atom. The fraction of sp³-hybridized carbons (Fsp3) is 0. The molecule has 0 aliphatic carbocycles. The first-order valence-electron chi connectivity index (χ1n) is 7.50. The van der Waals surface area contributed by atoms with Crippen molar-refractivity contribution in [3.63, 3.8) is 0 Å². The molecule has 0 aromatic heterocycles.